The van der Waals surface area contributed by atoms with Gasteiger partial charge in [0, 0.05) is 44.0 Å². The molecule has 0 atom stereocenters. The predicted molar refractivity (Wildman–Crippen MR) is 311 cm³/mol. The van der Waals surface area contributed by atoms with Crippen LogP contribution in [0.1, 0.15) is 0 Å². The second-order valence-corrected chi connectivity index (χ2v) is 19.1. The van der Waals surface area contributed by atoms with Crippen LogP contribution in [-0.4, -0.2) is 14.1 Å². The Kier molecular flexibility index (Phi) is 10.5. The van der Waals surface area contributed by atoms with Crippen LogP contribution in [0.2, 0.25) is 0 Å². The molecule has 346 valence electrons. The summed E-state index contributed by atoms with van der Waals surface area (Å²) in [7, 11) is 0. The predicted octanol–water partition coefficient (Wildman–Crippen LogP) is 18.9. The molecule has 0 aliphatic carbocycles. The molecule has 0 spiro atoms. The minimum absolute atomic E-state index is 0.917. The zero-order chi connectivity index (χ0) is 49.0. The van der Waals surface area contributed by atoms with Crippen molar-refractivity contribution >= 4 is 43.6 Å². The molecule has 0 saturated heterocycles. The van der Waals surface area contributed by atoms with E-state index in [1.165, 1.54) is 65.9 Å². The molecule has 14 rings (SSSR count). The average Bonchev–Trinajstić information content (AvgIpc) is 4.01. The summed E-state index contributed by atoms with van der Waals surface area (Å²) in [4.78, 5) is 5.47. The summed E-state index contributed by atoms with van der Waals surface area (Å²) in [6, 6.07) is 103. The Labute approximate surface area is 430 Å². The summed E-state index contributed by atoms with van der Waals surface area (Å²) >= 11 is 0. The van der Waals surface area contributed by atoms with E-state index in [-0.39, 0.29) is 0 Å². The topological polar surface area (TPSA) is 22.8 Å². The first kappa shape index (κ1) is 43.0. The standard InChI is InChI=1S/C71H47N3/c1-2-16-48(17-3-1)53-18-12-19-54(42-53)49-34-36-51(37-35-49)59-46-66(52-40-38-50(39-41-52)56-21-14-24-60(44-56)73-68-30-8-4-26-62(68)63-27-5-9-31-69(63)73)72-67(47-59)58-23-13-20-55(43-58)57-22-15-25-61(45-57)74-70-32-10-6-28-64(70)65-29-7-11-33-71(65)74/h1-47H. The maximum atomic E-state index is 5.47. The van der Waals surface area contributed by atoms with E-state index in [0.717, 1.165) is 67.3 Å². The highest BCUT2D eigenvalue weighted by molar-refractivity contribution is 6.10. The minimum Gasteiger partial charge on any atom is -0.309 e. The zero-order valence-corrected chi connectivity index (χ0v) is 40.5. The molecule has 0 saturated carbocycles. The highest BCUT2D eigenvalue weighted by Gasteiger charge is 2.16. The molecule has 0 bridgehead atoms. The van der Waals surface area contributed by atoms with E-state index in [0.29, 0.717) is 0 Å². The fourth-order valence-corrected chi connectivity index (χ4v) is 11.1. The van der Waals surface area contributed by atoms with Gasteiger partial charge >= 0.3 is 0 Å². The van der Waals surface area contributed by atoms with Gasteiger partial charge in [-0.3, -0.25) is 0 Å². The van der Waals surface area contributed by atoms with Crippen molar-refractivity contribution in [3.05, 3.63) is 285 Å². The fraction of sp³-hybridized carbons (Fsp3) is 0. The summed E-state index contributed by atoms with van der Waals surface area (Å²) in [5.41, 5.74) is 22.6. The molecule has 0 radical (unpaired) electrons. The van der Waals surface area contributed by atoms with Crippen LogP contribution >= 0.6 is 0 Å². The number of hydrogen-bond donors (Lipinski definition) is 0. The second-order valence-electron chi connectivity index (χ2n) is 19.1. The van der Waals surface area contributed by atoms with Crippen molar-refractivity contribution in [3.8, 4) is 89.5 Å². The Balaban J connectivity index is 0.843. The zero-order valence-electron chi connectivity index (χ0n) is 40.5. The van der Waals surface area contributed by atoms with Gasteiger partial charge in [0.25, 0.3) is 0 Å². The summed E-state index contributed by atoms with van der Waals surface area (Å²) in [5, 5.41) is 5.02. The van der Waals surface area contributed by atoms with Gasteiger partial charge in [0.05, 0.1) is 33.5 Å². The van der Waals surface area contributed by atoms with Crippen LogP contribution in [0.5, 0.6) is 0 Å². The average molecular weight is 942 g/mol. The summed E-state index contributed by atoms with van der Waals surface area (Å²) in [5.74, 6) is 0. The first-order chi connectivity index (χ1) is 36.7. The number of hydrogen-bond acceptors (Lipinski definition) is 1. The van der Waals surface area contributed by atoms with Crippen molar-refractivity contribution in [1.29, 1.82) is 0 Å². The van der Waals surface area contributed by atoms with Crippen molar-refractivity contribution in [2.45, 2.75) is 0 Å². The van der Waals surface area contributed by atoms with Crippen LogP contribution in [0.25, 0.3) is 133 Å². The van der Waals surface area contributed by atoms with E-state index in [1.54, 1.807) is 0 Å². The van der Waals surface area contributed by atoms with E-state index < -0.39 is 0 Å². The van der Waals surface area contributed by atoms with E-state index in [4.69, 9.17) is 4.98 Å². The van der Waals surface area contributed by atoms with Crippen LogP contribution < -0.4 is 0 Å². The van der Waals surface area contributed by atoms with Gasteiger partial charge in [-0.2, -0.15) is 0 Å². The van der Waals surface area contributed by atoms with Gasteiger partial charge < -0.3 is 9.13 Å². The number of nitrogens with zero attached hydrogens (tertiary/aromatic N) is 3. The fourth-order valence-electron chi connectivity index (χ4n) is 11.1. The Hall–Kier alpha value is -9.83. The van der Waals surface area contributed by atoms with E-state index in [1.807, 2.05) is 0 Å². The Bertz CT molecular complexity index is 4300. The van der Waals surface area contributed by atoms with Gasteiger partial charge in [-0.25, -0.2) is 4.98 Å². The first-order valence-electron chi connectivity index (χ1n) is 25.3. The van der Waals surface area contributed by atoms with E-state index in [9.17, 15) is 0 Å². The lowest BCUT2D eigenvalue weighted by molar-refractivity contribution is 1.18. The molecule has 0 fully saturated rings. The van der Waals surface area contributed by atoms with E-state index >= 15 is 0 Å². The molecule has 3 heterocycles. The number of aromatic nitrogens is 3. The minimum atomic E-state index is 0.917. The Morgan fingerprint density at radius 2 is 0.486 bits per heavy atom. The van der Waals surface area contributed by atoms with Crippen LogP contribution in [0.4, 0.5) is 0 Å². The number of pyridine rings is 1. The van der Waals surface area contributed by atoms with Crippen molar-refractivity contribution in [2.24, 2.45) is 0 Å². The number of rotatable bonds is 9. The second kappa shape index (κ2) is 18.1. The van der Waals surface area contributed by atoms with Gasteiger partial charge in [-0.1, -0.05) is 212 Å². The summed E-state index contributed by atoms with van der Waals surface area (Å²) in [6.45, 7) is 0. The molecule has 3 heteroatoms. The molecule has 0 unspecified atom stereocenters. The highest BCUT2D eigenvalue weighted by atomic mass is 15.0. The summed E-state index contributed by atoms with van der Waals surface area (Å²) < 4.78 is 4.76. The van der Waals surface area contributed by atoms with Crippen LogP contribution in [0, 0.1) is 0 Å². The third kappa shape index (κ3) is 7.67. The Morgan fingerprint density at radius 3 is 0.959 bits per heavy atom. The molecule has 3 nitrogen and oxygen atoms in total. The van der Waals surface area contributed by atoms with Crippen LogP contribution in [-0.2, 0) is 0 Å². The maximum absolute atomic E-state index is 5.47. The third-order valence-electron chi connectivity index (χ3n) is 14.7. The van der Waals surface area contributed by atoms with E-state index in [2.05, 4.69) is 294 Å². The molecule has 0 amide bonds. The molecule has 0 aliphatic heterocycles. The van der Waals surface area contributed by atoms with Gasteiger partial charge in [-0.15, -0.1) is 0 Å². The lowest BCUT2D eigenvalue weighted by atomic mass is 9.95. The molecule has 0 aliphatic rings. The Morgan fingerprint density at radius 1 is 0.189 bits per heavy atom. The van der Waals surface area contributed by atoms with Crippen molar-refractivity contribution in [3.63, 3.8) is 0 Å². The molecule has 74 heavy (non-hydrogen) atoms. The van der Waals surface area contributed by atoms with Crippen LogP contribution in [0.15, 0.2) is 285 Å². The van der Waals surface area contributed by atoms with Crippen molar-refractivity contribution in [2.75, 3.05) is 0 Å². The molecular formula is C71H47N3. The lowest BCUT2D eigenvalue weighted by Crippen LogP contribution is -1.95. The van der Waals surface area contributed by atoms with Gasteiger partial charge in [0.15, 0.2) is 0 Å². The van der Waals surface area contributed by atoms with Crippen LogP contribution in [0.3, 0.4) is 0 Å². The highest BCUT2D eigenvalue weighted by Crippen LogP contribution is 2.38. The molecule has 11 aromatic carbocycles. The largest absolute Gasteiger partial charge is 0.309 e. The van der Waals surface area contributed by atoms with Crippen molar-refractivity contribution in [1.82, 2.24) is 14.1 Å². The smallest absolute Gasteiger partial charge is 0.0715 e. The van der Waals surface area contributed by atoms with Gasteiger partial charge in [0.2, 0.25) is 0 Å². The van der Waals surface area contributed by atoms with Crippen molar-refractivity contribution < 1.29 is 0 Å². The molecular weight excluding hydrogens is 895 g/mol. The van der Waals surface area contributed by atoms with Gasteiger partial charge in [-0.05, 0) is 128 Å². The number of fused-ring (bicyclic) bond motifs is 6. The number of benzene rings is 11. The summed E-state index contributed by atoms with van der Waals surface area (Å²) in [6.07, 6.45) is 0. The maximum Gasteiger partial charge on any atom is 0.0715 e. The molecule has 14 aromatic rings. The molecule has 0 N–H and O–H groups in total. The number of para-hydroxylation sites is 4. The normalized spacial score (nSPS) is 11.5. The quantitative estimate of drug-likeness (QED) is 0.141. The SMILES string of the molecule is c1ccc(-c2cccc(-c3ccc(-c4cc(-c5ccc(-c6cccc(-n7c8ccccc8c8ccccc87)c6)cc5)nc(-c5cccc(-c6cccc(-n7c8ccccc8c8ccccc87)c6)c5)c4)cc3)c2)cc1. The van der Waals surface area contributed by atoms with Gasteiger partial charge in [0.1, 0.15) is 0 Å². The first-order valence-corrected chi connectivity index (χ1v) is 25.3. The molecule has 3 aromatic heterocycles. The third-order valence-corrected chi connectivity index (χ3v) is 14.7. The monoisotopic (exact) mass is 941 g/mol. The lowest BCUT2D eigenvalue weighted by Gasteiger charge is -2.14.